The van der Waals surface area contributed by atoms with Gasteiger partial charge in [-0.3, -0.25) is 4.79 Å². The average molecular weight is 278 g/mol. The molecule has 0 aliphatic carbocycles. The number of ether oxygens (including phenoxy) is 1. The van der Waals surface area contributed by atoms with Gasteiger partial charge in [0.25, 0.3) is 0 Å². The SMILES string of the molecule is COc1ccc(C)c2sc(NC(=O)C(C)(C)C)nc12. The van der Waals surface area contributed by atoms with Gasteiger partial charge in [0, 0.05) is 5.41 Å². The van der Waals surface area contributed by atoms with E-state index in [2.05, 4.69) is 10.3 Å². The van der Waals surface area contributed by atoms with Crippen molar-refractivity contribution in [3.63, 3.8) is 0 Å². The Balaban J connectivity index is 2.42. The monoisotopic (exact) mass is 278 g/mol. The number of hydrogen-bond donors (Lipinski definition) is 1. The first-order valence-electron chi connectivity index (χ1n) is 6.08. The number of rotatable bonds is 2. The lowest BCUT2D eigenvalue weighted by atomic mass is 9.96. The van der Waals surface area contributed by atoms with E-state index in [1.807, 2.05) is 39.8 Å². The number of aromatic nitrogens is 1. The summed E-state index contributed by atoms with van der Waals surface area (Å²) in [6.45, 7) is 7.65. The number of methoxy groups -OCH3 is 1. The number of benzene rings is 1. The van der Waals surface area contributed by atoms with Crippen LogP contribution in [0.4, 0.5) is 5.13 Å². The van der Waals surface area contributed by atoms with E-state index in [0.29, 0.717) is 5.13 Å². The van der Waals surface area contributed by atoms with Crippen molar-refractivity contribution in [1.82, 2.24) is 4.98 Å². The van der Waals surface area contributed by atoms with Gasteiger partial charge in [-0.05, 0) is 18.6 Å². The highest BCUT2D eigenvalue weighted by molar-refractivity contribution is 7.22. The molecule has 0 spiro atoms. The Labute approximate surface area is 116 Å². The maximum Gasteiger partial charge on any atom is 0.231 e. The smallest absolute Gasteiger partial charge is 0.231 e. The maximum atomic E-state index is 12.0. The fraction of sp³-hybridized carbons (Fsp3) is 0.429. The van der Waals surface area contributed by atoms with Gasteiger partial charge in [0.05, 0.1) is 11.8 Å². The van der Waals surface area contributed by atoms with Gasteiger partial charge in [-0.15, -0.1) is 0 Å². The number of carbonyl (C=O) groups excluding carboxylic acids is 1. The third-order valence-corrected chi connectivity index (χ3v) is 3.93. The Hall–Kier alpha value is -1.62. The van der Waals surface area contributed by atoms with E-state index in [1.165, 1.54) is 11.3 Å². The topological polar surface area (TPSA) is 51.2 Å². The predicted octanol–water partition coefficient (Wildman–Crippen LogP) is 3.60. The average Bonchev–Trinajstić information content (AvgIpc) is 2.73. The molecule has 0 aliphatic rings. The largest absolute Gasteiger partial charge is 0.494 e. The molecule has 0 saturated carbocycles. The van der Waals surface area contributed by atoms with Crippen LogP contribution in [-0.4, -0.2) is 18.0 Å². The molecule has 0 saturated heterocycles. The number of aryl methyl sites for hydroxylation is 1. The van der Waals surface area contributed by atoms with Crippen LogP contribution in [0, 0.1) is 12.3 Å². The summed E-state index contributed by atoms with van der Waals surface area (Å²) in [6, 6.07) is 3.89. The van der Waals surface area contributed by atoms with Crippen molar-refractivity contribution in [2.75, 3.05) is 12.4 Å². The van der Waals surface area contributed by atoms with Crippen molar-refractivity contribution >= 4 is 32.6 Å². The number of hydrogen-bond acceptors (Lipinski definition) is 4. The fourth-order valence-corrected chi connectivity index (χ4v) is 2.56. The summed E-state index contributed by atoms with van der Waals surface area (Å²) in [5.41, 5.74) is 1.50. The number of amides is 1. The minimum Gasteiger partial charge on any atom is -0.494 e. The quantitative estimate of drug-likeness (QED) is 0.913. The molecule has 1 amide bonds. The minimum absolute atomic E-state index is 0.0387. The van der Waals surface area contributed by atoms with Gasteiger partial charge in [-0.1, -0.05) is 38.2 Å². The van der Waals surface area contributed by atoms with Crippen molar-refractivity contribution in [2.45, 2.75) is 27.7 Å². The van der Waals surface area contributed by atoms with Crippen molar-refractivity contribution in [3.8, 4) is 5.75 Å². The first-order valence-corrected chi connectivity index (χ1v) is 6.90. The third kappa shape index (κ3) is 2.71. The molecule has 1 heterocycles. The maximum absolute atomic E-state index is 12.0. The van der Waals surface area contributed by atoms with Crippen molar-refractivity contribution in [1.29, 1.82) is 0 Å². The highest BCUT2D eigenvalue weighted by Gasteiger charge is 2.22. The van der Waals surface area contributed by atoms with Gasteiger partial charge in [-0.25, -0.2) is 4.98 Å². The summed E-state index contributed by atoms with van der Waals surface area (Å²) in [6.07, 6.45) is 0. The van der Waals surface area contributed by atoms with E-state index in [4.69, 9.17) is 4.74 Å². The van der Waals surface area contributed by atoms with Gasteiger partial charge in [0.1, 0.15) is 11.3 Å². The molecule has 2 aromatic rings. The van der Waals surface area contributed by atoms with E-state index >= 15 is 0 Å². The zero-order chi connectivity index (χ0) is 14.2. The van der Waals surface area contributed by atoms with Crippen LogP contribution in [-0.2, 0) is 4.79 Å². The zero-order valence-electron chi connectivity index (χ0n) is 11.8. The third-order valence-electron chi connectivity index (χ3n) is 2.82. The molecule has 0 bridgehead atoms. The number of nitrogens with one attached hydrogen (secondary N) is 1. The summed E-state index contributed by atoms with van der Waals surface area (Å²) in [7, 11) is 1.62. The number of nitrogens with zero attached hydrogens (tertiary/aromatic N) is 1. The summed E-state index contributed by atoms with van der Waals surface area (Å²) >= 11 is 1.47. The van der Waals surface area contributed by atoms with Crippen LogP contribution in [0.25, 0.3) is 10.2 Å². The van der Waals surface area contributed by atoms with Gasteiger partial charge in [0.2, 0.25) is 5.91 Å². The lowest BCUT2D eigenvalue weighted by Gasteiger charge is -2.15. The van der Waals surface area contributed by atoms with Crippen LogP contribution in [0.1, 0.15) is 26.3 Å². The molecule has 19 heavy (non-hydrogen) atoms. The molecule has 0 aliphatic heterocycles. The number of carbonyl (C=O) groups is 1. The molecule has 0 fully saturated rings. The molecule has 4 nitrogen and oxygen atoms in total. The Bertz CT molecular complexity index is 626. The highest BCUT2D eigenvalue weighted by Crippen LogP contribution is 2.35. The zero-order valence-corrected chi connectivity index (χ0v) is 12.6. The summed E-state index contributed by atoms with van der Waals surface area (Å²) in [5, 5.41) is 3.48. The second-order valence-electron chi connectivity index (χ2n) is 5.49. The molecule has 5 heteroatoms. The minimum atomic E-state index is -0.434. The number of fused-ring (bicyclic) bond motifs is 1. The van der Waals surface area contributed by atoms with Crippen molar-refractivity contribution < 1.29 is 9.53 Å². The van der Waals surface area contributed by atoms with E-state index in [9.17, 15) is 4.79 Å². The van der Waals surface area contributed by atoms with E-state index < -0.39 is 5.41 Å². The Kier molecular flexibility index (Phi) is 3.49. The lowest BCUT2D eigenvalue weighted by Crippen LogP contribution is -2.27. The number of anilines is 1. The molecule has 0 radical (unpaired) electrons. The Morgan fingerprint density at radius 2 is 2.05 bits per heavy atom. The van der Waals surface area contributed by atoms with Crippen LogP contribution < -0.4 is 10.1 Å². The lowest BCUT2D eigenvalue weighted by molar-refractivity contribution is -0.123. The summed E-state index contributed by atoms with van der Waals surface area (Å²) in [5.74, 6) is 0.691. The number of thiazole rings is 1. The van der Waals surface area contributed by atoms with E-state index in [0.717, 1.165) is 21.5 Å². The predicted molar refractivity (Wildman–Crippen MR) is 79.0 cm³/mol. The summed E-state index contributed by atoms with van der Waals surface area (Å²) < 4.78 is 6.34. The first kappa shape index (κ1) is 13.8. The van der Waals surface area contributed by atoms with Crippen LogP contribution in [0.15, 0.2) is 12.1 Å². The molecule has 1 aromatic carbocycles. The van der Waals surface area contributed by atoms with E-state index in [1.54, 1.807) is 7.11 Å². The van der Waals surface area contributed by atoms with Crippen molar-refractivity contribution in [3.05, 3.63) is 17.7 Å². The van der Waals surface area contributed by atoms with Crippen LogP contribution in [0.5, 0.6) is 5.75 Å². The van der Waals surface area contributed by atoms with E-state index in [-0.39, 0.29) is 5.91 Å². The molecule has 102 valence electrons. The van der Waals surface area contributed by atoms with Gasteiger partial charge >= 0.3 is 0 Å². The van der Waals surface area contributed by atoms with Gasteiger partial charge < -0.3 is 10.1 Å². The molecule has 2 rings (SSSR count). The molecule has 1 N–H and O–H groups in total. The second kappa shape index (κ2) is 4.81. The van der Waals surface area contributed by atoms with Crippen molar-refractivity contribution in [2.24, 2.45) is 5.41 Å². The molecule has 0 atom stereocenters. The first-order chi connectivity index (χ1) is 8.82. The normalized spacial score (nSPS) is 11.6. The Morgan fingerprint density at radius 3 is 2.63 bits per heavy atom. The standard InChI is InChI=1S/C14H18N2O2S/c1-8-6-7-9(18-5)10-11(8)19-13(15-10)16-12(17)14(2,3)4/h6-7H,1-5H3,(H,15,16,17). The molecular formula is C14H18N2O2S. The fourth-order valence-electron chi connectivity index (χ4n) is 1.61. The Morgan fingerprint density at radius 1 is 1.37 bits per heavy atom. The van der Waals surface area contributed by atoms with Crippen LogP contribution >= 0.6 is 11.3 Å². The summed E-state index contributed by atoms with van der Waals surface area (Å²) in [4.78, 5) is 16.4. The second-order valence-corrected chi connectivity index (χ2v) is 6.48. The molecule has 0 unspecified atom stereocenters. The molecule has 1 aromatic heterocycles. The van der Waals surface area contributed by atoms with Crippen LogP contribution in [0.2, 0.25) is 0 Å². The highest BCUT2D eigenvalue weighted by atomic mass is 32.1. The van der Waals surface area contributed by atoms with Gasteiger partial charge in [0.15, 0.2) is 5.13 Å². The van der Waals surface area contributed by atoms with Gasteiger partial charge in [-0.2, -0.15) is 0 Å². The molecular weight excluding hydrogens is 260 g/mol. The van der Waals surface area contributed by atoms with Crippen LogP contribution in [0.3, 0.4) is 0 Å².